The van der Waals surface area contributed by atoms with Crippen molar-refractivity contribution in [1.29, 1.82) is 0 Å². The average Bonchev–Trinajstić information content (AvgIpc) is 2.08. The molecule has 0 aliphatic rings. The maximum atomic E-state index is 5.58. The van der Waals surface area contributed by atoms with Crippen LogP contribution in [0.1, 0.15) is 19.5 Å². The Kier molecular flexibility index (Phi) is 4.19. The Morgan fingerprint density at radius 2 is 2.23 bits per heavy atom. The highest BCUT2D eigenvalue weighted by molar-refractivity contribution is 9.10. The van der Waals surface area contributed by atoms with Crippen molar-refractivity contribution in [2.75, 3.05) is 0 Å². The van der Waals surface area contributed by atoms with Crippen LogP contribution in [0, 0.1) is 0 Å². The van der Waals surface area contributed by atoms with Crippen molar-refractivity contribution < 1.29 is 4.74 Å². The molecule has 0 atom stereocenters. The Morgan fingerprint density at radius 1 is 1.54 bits per heavy atom. The molecule has 1 heterocycles. The summed E-state index contributed by atoms with van der Waals surface area (Å²) in [5, 5.41) is 0.745. The van der Waals surface area contributed by atoms with Gasteiger partial charge >= 0.3 is 0 Å². The maximum Gasteiger partial charge on any atom is 0.137 e. The molecular weight excluding hydrogens is 298 g/mol. The van der Waals surface area contributed by atoms with E-state index in [-0.39, 0.29) is 6.10 Å². The van der Waals surface area contributed by atoms with Crippen molar-refractivity contribution in [3.63, 3.8) is 0 Å². The van der Waals surface area contributed by atoms with Gasteiger partial charge in [-0.1, -0.05) is 15.9 Å². The van der Waals surface area contributed by atoms with Crippen molar-refractivity contribution in [3.8, 4) is 5.75 Å². The number of halogens is 2. The van der Waals surface area contributed by atoms with Crippen LogP contribution in [-0.2, 0) is 5.33 Å². The third kappa shape index (κ3) is 3.27. The highest BCUT2D eigenvalue weighted by Crippen LogP contribution is 2.26. The lowest BCUT2D eigenvalue weighted by molar-refractivity contribution is 0.240. The molecule has 0 aliphatic heterocycles. The summed E-state index contributed by atoms with van der Waals surface area (Å²) in [5.41, 5.74) is 0.971. The number of hydrogen-bond donors (Lipinski definition) is 0. The van der Waals surface area contributed by atoms with Gasteiger partial charge in [-0.3, -0.25) is 4.98 Å². The molecule has 0 saturated heterocycles. The number of pyridine rings is 1. The van der Waals surface area contributed by atoms with Gasteiger partial charge in [0.2, 0.25) is 0 Å². The van der Waals surface area contributed by atoms with Gasteiger partial charge in [0.15, 0.2) is 0 Å². The third-order valence-electron chi connectivity index (χ3n) is 1.38. The van der Waals surface area contributed by atoms with E-state index in [1.165, 1.54) is 0 Å². The molecule has 0 radical (unpaired) electrons. The third-order valence-corrected chi connectivity index (χ3v) is 2.55. The Labute approximate surface area is 95.0 Å². The first-order chi connectivity index (χ1) is 6.13. The van der Waals surface area contributed by atoms with Crippen molar-refractivity contribution in [2.24, 2.45) is 0 Å². The first-order valence-electron chi connectivity index (χ1n) is 4.00. The Balaban J connectivity index is 2.90. The van der Waals surface area contributed by atoms with Crippen molar-refractivity contribution in [3.05, 3.63) is 22.4 Å². The minimum Gasteiger partial charge on any atom is -0.490 e. The molecule has 0 unspecified atom stereocenters. The second kappa shape index (κ2) is 4.96. The van der Waals surface area contributed by atoms with E-state index in [1.807, 2.05) is 19.9 Å². The van der Waals surface area contributed by atoms with Crippen LogP contribution in [0.25, 0.3) is 0 Å². The molecule has 72 valence electrons. The lowest BCUT2D eigenvalue weighted by atomic mass is 10.3. The summed E-state index contributed by atoms with van der Waals surface area (Å²) in [6.07, 6.45) is 1.94. The molecule has 4 heteroatoms. The molecule has 0 bridgehead atoms. The topological polar surface area (TPSA) is 22.1 Å². The highest BCUT2D eigenvalue weighted by atomic mass is 79.9. The van der Waals surface area contributed by atoms with Crippen molar-refractivity contribution in [1.82, 2.24) is 4.98 Å². The van der Waals surface area contributed by atoms with Crippen LogP contribution in [-0.4, -0.2) is 11.1 Å². The Hall–Kier alpha value is -0.0900. The first kappa shape index (κ1) is 11.0. The molecule has 1 rings (SSSR count). The summed E-state index contributed by atoms with van der Waals surface area (Å²) >= 11 is 6.73. The van der Waals surface area contributed by atoms with Crippen LogP contribution in [0.2, 0.25) is 0 Å². The SMILES string of the molecule is CC(C)Oc1cc(CBr)ncc1Br. The fourth-order valence-electron chi connectivity index (χ4n) is 0.878. The number of alkyl halides is 1. The van der Waals surface area contributed by atoms with Crippen molar-refractivity contribution >= 4 is 31.9 Å². The quantitative estimate of drug-likeness (QED) is 0.797. The van der Waals surface area contributed by atoms with E-state index in [1.54, 1.807) is 6.20 Å². The first-order valence-corrected chi connectivity index (χ1v) is 5.92. The van der Waals surface area contributed by atoms with Crippen LogP contribution in [0.4, 0.5) is 0 Å². The monoisotopic (exact) mass is 307 g/mol. The van der Waals surface area contributed by atoms with E-state index in [0.717, 1.165) is 21.2 Å². The molecule has 0 N–H and O–H groups in total. The van der Waals surface area contributed by atoms with Crippen LogP contribution in [0.5, 0.6) is 5.75 Å². The summed E-state index contributed by atoms with van der Waals surface area (Å²) in [5.74, 6) is 0.847. The van der Waals surface area contributed by atoms with Gasteiger partial charge in [0.1, 0.15) is 5.75 Å². The normalized spacial score (nSPS) is 10.5. The van der Waals surface area contributed by atoms with Gasteiger partial charge < -0.3 is 4.74 Å². The molecule has 0 aliphatic carbocycles. The molecule has 0 amide bonds. The molecule has 1 aromatic heterocycles. The van der Waals surface area contributed by atoms with E-state index in [0.29, 0.717) is 0 Å². The number of nitrogens with zero attached hydrogens (tertiary/aromatic N) is 1. The fraction of sp³-hybridized carbons (Fsp3) is 0.444. The van der Waals surface area contributed by atoms with Gasteiger partial charge in [0.25, 0.3) is 0 Å². The second-order valence-electron chi connectivity index (χ2n) is 2.91. The zero-order chi connectivity index (χ0) is 9.84. The molecule has 1 aromatic rings. The van der Waals surface area contributed by atoms with Crippen LogP contribution in [0.3, 0.4) is 0 Å². The molecule has 0 aromatic carbocycles. The predicted octanol–water partition coefficient (Wildman–Crippen LogP) is 3.53. The predicted molar refractivity (Wildman–Crippen MR) is 60.3 cm³/mol. The zero-order valence-electron chi connectivity index (χ0n) is 7.55. The van der Waals surface area contributed by atoms with E-state index in [4.69, 9.17) is 4.74 Å². The molecule has 2 nitrogen and oxygen atoms in total. The largest absolute Gasteiger partial charge is 0.490 e. The van der Waals surface area contributed by atoms with Crippen LogP contribution < -0.4 is 4.74 Å². The molecule has 13 heavy (non-hydrogen) atoms. The summed E-state index contributed by atoms with van der Waals surface area (Å²) in [6.45, 7) is 4.00. The Morgan fingerprint density at radius 3 is 2.77 bits per heavy atom. The van der Waals surface area contributed by atoms with Gasteiger partial charge in [0.05, 0.1) is 16.3 Å². The minimum atomic E-state index is 0.182. The summed E-state index contributed by atoms with van der Waals surface area (Å²) in [4.78, 5) is 4.19. The maximum absolute atomic E-state index is 5.58. The van der Waals surface area contributed by atoms with Gasteiger partial charge in [0, 0.05) is 17.6 Å². The zero-order valence-corrected chi connectivity index (χ0v) is 10.7. The van der Waals surface area contributed by atoms with Crippen LogP contribution >= 0.6 is 31.9 Å². The van der Waals surface area contributed by atoms with Gasteiger partial charge in [-0.25, -0.2) is 0 Å². The van der Waals surface area contributed by atoms with E-state index >= 15 is 0 Å². The lowest BCUT2D eigenvalue weighted by Crippen LogP contribution is -2.06. The standard InChI is InChI=1S/C9H11Br2NO/c1-6(2)13-9-3-7(4-10)12-5-8(9)11/h3,5-6H,4H2,1-2H3. The Bertz CT molecular complexity index is 289. The van der Waals surface area contributed by atoms with Gasteiger partial charge in [-0.2, -0.15) is 0 Å². The smallest absolute Gasteiger partial charge is 0.137 e. The van der Waals surface area contributed by atoms with Crippen molar-refractivity contribution in [2.45, 2.75) is 25.3 Å². The number of rotatable bonds is 3. The lowest BCUT2D eigenvalue weighted by Gasteiger charge is -2.11. The van der Waals surface area contributed by atoms with E-state index < -0.39 is 0 Å². The van der Waals surface area contributed by atoms with Gasteiger partial charge in [-0.05, 0) is 29.8 Å². The molecular formula is C9H11Br2NO. The second-order valence-corrected chi connectivity index (χ2v) is 4.32. The average molecular weight is 309 g/mol. The summed E-state index contributed by atoms with van der Waals surface area (Å²) in [6, 6.07) is 1.93. The highest BCUT2D eigenvalue weighted by Gasteiger charge is 2.04. The molecule has 0 spiro atoms. The van der Waals surface area contributed by atoms with E-state index in [2.05, 4.69) is 36.8 Å². The summed E-state index contributed by atoms with van der Waals surface area (Å²) < 4.78 is 6.47. The number of hydrogen-bond acceptors (Lipinski definition) is 2. The number of ether oxygens (including phenoxy) is 1. The molecule has 0 saturated carbocycles. The fourth-order valence-corrected chi connectivity index (χ4v) is 1.50. The van der Waals surface area contributed by atoms with Crippen LogP contribution in [0.15, 0.2) is 16.7 Å². The van der Waals surface area contributed by atoms with E-state index in [9.17, 15) is 0 Å². The molecule has 0 fully saturated rings. The van der Waals surface area contributed by atoms with Gasteiger partial charge in [-0.15, -0.1) is 0 Å². The summed E-state index contributed by atoms with van der Waals surface area (Å²) in [7, 11) is 0. The minimum absolute atomic E-state index is 0.182. The number of aromatic nitrogens is 1.